The number of benzene rings is 1. The van der Waals surface area contributed by atoms with Crippen molar-refractivity contribution < 1.29 is 24.2 Å². The molecule has 0 saturated carbocycles. The van der Waals surface area contributed by atoms with E-state index in [0.29, 0.717) is 31.5 Å². The van der Waals surface area contributed by atoms with E-state index in [2.05, 4.69) is 6.58 Å². The standard InChI is InChI=1S/C18H19N3O7/c1-12(2)18(23)28-15-7-9-19(10-8-15)17(22)6-4-13-3-5-14(20(24)25)11-16(13)21(26)27/h3-6,11,15H,1,7-10H2,2H3/b6-4+. The van der Waals surface area contributed by atoms with Gasteiger partial charge in [0.05, 0.1) is 21.5 Å². The molecular weight excluding hydrogens is 370 g/mol. The molecule has 1 aromatic rings. The van der Waals surface area contributed by atoms with Gasteiger partial charge in [-0.3, -0.25) is 25.0 Å². The summed E-state index contributed by atoms with van der Waals surface area (Å²) in [7, 11) is 0. The molecule has 0 unspecified atom stereocenters. The first-order valence-electron chi connectivity index (χ1n) is 8.45. The maximum absolute atomic E-state index is 12.3. The topological polar surface area (TPSA) is 133 Å². The minimum atomic E-state index is -0.738. The number of likely N-dealkylation sites (tertiary alicyclic amines) is 1. The van der Waals surface area contributed by atoms with Crippen molar-refractivity contribution >= 4 is 29.3 Å². The molecule has 0 aromatic heterocycles. The summed E-state index contributed by atoms with van der Waals surface area (Å²) >= 11 is 0. The van der Waals surface area contributed by atoms with Gasteiger partial charge in [-0.15, -0.1) is 0 Å². The van der Waals surface area contributed by atoms with Crippen LogP contribution in [0.15, 0.2) is 36.4 Å². The van der Waals surface area contributed by atoms with Crippen molar-refractivity contribution in [1.82, 2.24) is 4.90 Å². The minimum absolute atomic E-state index is 0.0919. The Morgan fingerprint density at radius 2 is 1.86 bits per heavy atom. The number of esters is 1. The lowest BCUT2D eigenvalue weighted by molar-refractivity contribution is -0.394. The van der Waals surface area contributed by atoms with Gasteiger partial charge >= 0.3 is 5.97 Å². The van der Waals surface area contributed by atoms with Gasteiger partial charge in [0.1, 0.15) is 6.10 Å². The number of carbonyl (C=O) groups is 2. The molecule has 0 atom stereocenters. The van der Waals surface area contributed by atoms with Gasteiger partial charge in [-0.05, 0) is 19.1 Å². The van der Waals surface area contributed by atoms with Crippen LogP contribution in [0.25, 0.3) is 6.08 Å². The predicted molar refractivity (Wildman–Crippen MR) is 99.3 cm³/mol. The number of hydrogen-bond acceptors (Lipinski definition) is 7. The van der Waals surface area contributed by atoms with Crippen molar-refractivity contribution in [2.45, 2.75) is 25.9 Å². The highest BCUT2D eigenvalue weighted by Gasteiger charge is 2.24. The molecule has 148 valence electrons. The van der Waals surface area contributed by atoms with Crippen molar-refractivity contribution in [1.29, 1.82) is 0 Å². The summed E-state index contributed by atoms with van der Waals surface area (Å²) in [6, 6.07) is 3.22. The van der Waals surface area contributed by atoms with Crippen LogP contribution in [-0.4, -0.2) is 45.8 Å². The molecule has 1 aliphatic heterocycles. The van der Waals surface area contributed by atoms with Crippen LogP contribution in [0.1, 0.15) is 25.3 Å². The molecule has 1 aliphatic rings. The largest absolute Gasteiger partial charge is 0.459 e. The fourth-order valence-corrected chi connectivity index (χ4v) is 2.66. The fraction of sp³-hybridized carbons (Fsp3) is 0.333. The average molecular weight is 389 g/mol. The Labute approximate surface area is 160 Å². The Morgan fingerprint density at radius 3 is 2.39 bits per heavy atom. The van der Waals surface area contributed by atoms with Crippen LogP contribution >= 0.6 is 0 Å². The van der Waals surface area contributed by atoms with Crippen molar-refractivity contribution in [3.8, 4) is 0 Å². The van der Waals surface area contributed by atoms with Gasteiger partial charge in [0.2, 0.25) is 5.91 Å². The number of rotatable bonds is 6. The Bertz CT molecular complexity index is 855. The zero-order valence-electron chi connectivity index (χ0n) is 15.2. The van der Waals surface area contributed by atoms with Gasteiger partial charge < -0.3 is 9.64 Å². The van der Waals surface area contributed by atoms with Gasteiger partial charge in [0, 0.05) is 43.6 Å². The first-order valence-corrected chi connectivity index (χ1v) is 8.45. The normalized spacial score (nSPS) is 14.7. The zero-order valence-corrected chi connectivity index (χ0v) is 15.2. The van der Waals surface area contributed by atoms with Crippen LogP contribution in [0.2, 0.25) is 0 Å². The Kier molecular flexibility index (Phi) is 6.59. The van der Waals surface area contributed by atoms with E-state index < -0.39 is 27.2 Å². The van der Waals surface area contributed by atoms with E-state index in [9.17, 15) is 29.8 Å². The highest BCUT2D eigenvalue weighted by Crippen LogP contribution is 2.26. The summed E-state index contributed by atoms with van der Waals surface area (Å²) < 4.78 is 5.26. The monoisotopic (exact) mass is 389 g/mol. The van der Waals surface area contributed by atoms with Crippen molar-refractivity contribution in [2.24, 2.45) is 0 Å². The van der Waals surface area contributed by atoms with Crippen LogP contribution in [0.5, 0.6) is 0 Å². The SMILES string of the molecule is C=C(C)C(=O)OC1CCN(C(=O)/C=C/c2ccc([N+](=O)[O-])cc2[N+](=O)[O-])CC1. The zero-order chi connectivity index (χ0) is 20.8. The van der Waals surface area contributed by atoms with Crippen LogP contribution < -0.4 is 0 Å². The molecule has 0 radical (unpaired) electrons. The average Bonchev–Trinajstić information content (AvgIpc) is 2.66. The summed E-state index contributed by atoms with van der Waals surface area (Å²) in [5.41, 5.74) is -0.453. The van der Waals surface area contributed by atoms with Gasteiger partial charge in [-0.1, -0.05) is 6.58 Å². The highest BCUT2D eigenvalue weighted by atomic mass is 16.6. The number of nitro benzene ring substituents is 2. The van der Waals surface area contributed by atoms with E-state index in [-0.39, 0.29) is 17.6 Å². The molecule has 1 fully saturated rings. The number of piperidine rings is 1. The number of nitrogens with zero attached hydrogens (tertiary/aromatic N) is 3. The third kappa shape index (κ3) is 5.22. The third-order valence-corrected chi connectivity index (χ3v) is 4.20. The second kappa shape index (κ2) is 8.89. The number of carbonyl (C=O) groups excluding carboxylic acids is 2. The summed E-state index contributed by atoms with van der Waals surface area (Å²) in [6.07, 6.45) is 3.13. The fourth-order valence-electron chi connectivity index (χ4n) is 2.66. The van der Waals surface area contributed by atoms with Crippen LogP contribution in [0, 0.1) is 20.2 Å². The summed E-state index contributed by atoms with van der Waals surface area (Å²) in [4.78, 5) is 45.8. The maximum atomic E-state index is 12.3. The molecule has 10 nitrogen and oxygen atoms in total. The number of non-ortho nitro benzene ring substituents is 1. The number of amides is 1. The second-order valence-electron chi connectivity index (χ2n) is 6.30. The number of ether oxygens (including phenoxy) is 1. The van der Waals surface area contributed by atoms with Crippen molar-refractivity contribution in [3.63, 3.8) is 0 Å². The molecule has 1 saturated heterocycles. The molecule has 0 bridgehead atoms. The van der Waals surface area contributed by atoms with Gasteiger partial charge in [0.25, 0.3) is 11.4 Å². The Hall–Kier alpha value is -3.56. The molecule has 1 heterocycles. The van der Waals surface area contributed by atoms with E-state index in [1.54, 1.807) is 11.8 Å². The van der Waals surface area contributed by atoms with Crippen LogP contribution in [0.4, 0.5) is 11.4 Å². The van der Waals surface area contributed by atoms with Crippen LogP contribution in [-0.2, 0) is 14.3 Å². The Morgan fingerprint density at radius 1 is 1.21 bits per heavy atom. The van der Waals surface area contributed by atoms with Gasteiger partial charge in [-0.25, -0.2) is 4.79 Å². The van der Waals surface area contributed by atoms with Gasteiger partial charge in [0.15, 0.2) is 0 Å². The lowest BCUT2D eigenvalue weighted by Crippen LogP contribution is -2.40. The lowest BCUT2D eigenvalue weighted by Gasteiger charge is -2.31. The molecule has 1 aromatic carbocycles. The van der Waals surface area contributed by atoms with E-state index in [1.165, 1.54) is 18.2 Å². The Balaban J connectivity index is 2.01. The van der Waals surface area contributed by atoms with Crippen molar-refractivity contribution in [2.75, 3.05) is 13.1 Å². The lowest BCUT2D eigenvalue weighted by atomic mass is 10.1. The molecule has 0 N–H and O–H groups in total. The molecule has 1 amide bonds. The van der Waals surface area contributed by atoms with E-state index in [4.69, 9.17) is 4.74 Å². The third-order valence-electron chi connectivity index (χ3n) is 4.20. The van der Waals surface area contributed by atoms with E-state index >= 15 is 0 Å². The van der Waals surface area contributed by atoms with Crippen molar-refractivity contribution in [3.05, 3.63) is 62.2 Å². The first-order chi connectivity index (χ1) is 13.2. The molecule has 10 heteroatoms. The quantitative estimate of drug-likeness (QED) is 0.316. The smallest absolute Gasteiger partial charge is 0.333 e. The molecule has 28 heavy (non-hydrogen) atoms. The second-order valence-corrected chi connectivity index (χ2v) is 6.30. The summed E-state index contributed by atoms with van der Waals surface area (Å²) in [5, 5.41) is 21.9. The molecule has 0 aliphatic carbocycles. The molecule has 2 rings (SSSR count). The summed E-state index contributed by atoms with van der Waals surface area (Å²) in [5.74, 6) is -0.813. The van der Waals surface area contributed by atoms with Gasteiger partial charge in [-0.2, -0.15) is 0 Å². The first kappa shape index (κ1) is 20.7. The molecular formula is C18H19N3O7. The maximum Gasteiger partial charge on any atom is 0.333 e. The minimum Gasteiger partial charge on any atom is -0.459 e. The number of nitro groups is 2. The van der Waals surface area contributed by atoms with E-state index in [1.807, 2.05) is 0 Å². The predicted octanol–water partition coefficient (Wildman–Crippen LogP) is 2.63. The number of hydrogen-bond donors (Lipinski definition) is 0. The molecule has 0 spiro atoms. The summed E-state index contributed by atoms with van der Waals surface area (Å²) in [6.45, 7) is 5.83. The van der Waals surface area contributed by atoms with Crippen LogP contribution in [0.3, 0.4) is 0 Å². The highest BCUT2D eigenvalue weighted by molar-refractivity contribution is 5.92. The van der Waals surface area contributed by atoms with E-state index in [0.717, 1.165) is 12.1 Å².